The van der Waals surface area contributed by atoms with Gasteiger partial charge in [-0.2, -0.15) is 0 Å². The van der Waals surface area contributed by atoms with Crippen LogP contribution < -0.4 is 19.1 Å². The molecule has 220 valence electrons. The Hall–Kier alpha value is -4.05. The number of anilines is 1. The highest BCUT2D eigenvalue weighted by Gasteiger charge is 2.33. The minimum atomic E-state index is -4.19. The minimum absolute atomic E-state index is 0.0235. The van der Waals surface area contributed by atoms with E-state index in [-0.39, 0.29) is 29.1 Å². The molecule has 41 heavy (non-hydrogen) atoms. The van der Waals surface area contributed by atoms with Gasteiger partial charge in [-0.1, -0.05) is 55.0 Å². The molecule has 2 amide bonds. The van der Waals surface area contributed by atoms with Crippen molar-refractivity contribution in [3.05, 3.63) is 83.9 Å². The molecule has 0 radical (unpaired) electrons. The number of benzene rings is 3. The van der Waals surface area contributed by atoms with Crippen molar-refractivity contribution in [2.45, 2.75) is 57.6 Å². The predicted octanol–water partition coefficient (Wildman–Crippen LogP) is 4.54. The second kappa shape index (κ2) is 14.0. The Bertz CT molecular complexity index is 1450. The molecule has 0 aliphatic carbocycles. The summed E-state index contributed by atoms with van der Waals surface area (Å²) in [5.74, 6) is -0.129. The maximum atomic E-state index is 14.1. The van der Waals surface area contributed by atoms with Crippen molar-refractivity contribution >= 4 is 27.5 Å². The summed E-state index contributed by atoms with van der Waals surface area (Å²) < 4.78 is 39.6. The van der Waals surface area contributed by atoms with Crippen LogP contribution in [0.1, 0.15) is 38.3 Å². The Morgan fingerprint density at radius 1 is 0.902 bits per heavy atom. The first-order valence-corrected chi connectivity index (χ1v) is 14.9. The van der Waals surface area contributed by atoms with Crippen LogP contribution >= 0.6 is 0 Å². The van der Waals surface area contributed by atoms with E-state index in [4.69, 9.17) is 9.47 Å². The molecule has 0 aromatic heterocycles. The number of nitrogens with zero attached hydrogens (tertiary/aromatic N) is 2. The summed E-state index contributed by atoms with van der Waals surface area (Å²) in [4.78, 5) is 28.7. The van der Waals surface area contributed by atoms with Gasteiger partial charge in [0.2, 0.25) is 11.8 Å². The van der Waals surface area contributed by atoms with E-state index in [1.165, 1.54) is 37.3 Å². The summed E-state index contributed by atoms with van der Waals surface area (Å²) in [7, 11) is -1.26. The number of ether oxygens (including phenoxy) is 2. The molecule has 0 saturated heterocycles. The van der Waals surface area contributed by atoms with Gasteiger partial charge in [-0.3, -0.25) is 13.9 Å². The molecule has 3 rings (SSSR count). The number of sulfonamides is 1. The van der Waals surface area contributed by atoms with E-state index in [0.717, 1.165) is 21.9 Å². The van der Waals surface area contributed by atoms with Gasteiger partial charge in [-0.05, 0) is 57.0 Å². The molecular formula is C31H39N3O6S. The molecule has 10 heteroatoms. The van der Waals surface area contributed by atoms with Gasteiger partial charge in [0.1, 0.15) is 12.6 Å². The first-order valence-electron chi connectivity index (χ1n) is 13.5. The molecule has 0 spiro atoms. The van der Waals surface area contributed by atoms with Crippen LogP contribution in [0.4, 0.5) is 5.69 Å². The van der Waals surface area contributed by atoms with E-state index in [1.807, 2.05) is 45.0 Å². The average molecular weight is 582 g/mol. The molecule has 0 saturated carbocycles. The molecule has 1 N–H and O–H groups in total. The van der Waals surface area contributed by atoms with Gasteiger partial charge in [0.05, 0.1) is 24.8 Å². The van der Waals surface area contributed by atoms with Crippen LogP contribution in [-0.2, 0) is 26.2 Å². The van der Waals surface area contributed by atoms with Gasteiger partial charge >= 0.3 is 0 Å². The lowest BCUT2D eigenvalue weighted by Gasteiger charge is -2.32. The Kier molecular flexibility index (Phi) is 10.8. The highest BCUT2D eigenvalue weighted by atomic mass is 32.2. The van der Waals surface area contributed by atoms with E-state index in [2.05, 4.69) is 5.32 Å². The molecule has 2 atom stereocenters. The van der Waals surface area contributed by atoms with Crippen molar-refractivity contribution < 1.29 is 27.5 Å². The third-order valence-corrected chi connectivity index (χ3v) is 8.66. The van der Waals surface area contributed by atoms with Crippen molar-refractivity contribution in [3.8, 4) is 11.5 Å². The Balaban J connectivity index is 2.07. The smallest absolute Gasteiger partial charge is 0.264 e. The number of carbonyl (C=O) groups is 2. The summed E-state index contributed by atoms with van der Waals surface area (Å²) >= 11 is 0. The van der Waals surface area contributed by atoms with Crippen LogP contribution in [0.2, 0.25) is 0 Å². The number of amides is 2. The van der Waals surface area contributed by atoms with Gasteiger partial charge in [-0.25, -0.2) is 8.42 Å². The molecule has 0 fully saturated rings. The van der Waals surface area contributed by atoms with Crippen LogP contribution in [0.25, 0.3) is 0 Å². The van der Waals surface area contributed by atoms with Crippen LogP contribution in [0.15, 0.2) is 77.7 Å². The molecule has 3 aromatic rings. The highest BCUT2D eigenvalue weighted by Crippen LogP contribution is 2.34. The molecule has 0 aliphatic heterocycles. The van der Waals surface area contributed by atoms with Crippen molar-refractivity contribution in [2.24, 2.45) is 0 Å². The minimum Gasteiger partial charge on any atom is -0.493 e. The number of hydrogen-bond donors (Lipinski definition) is 1. The van der Waals surface area contributed by atoms with Gasteiger partial charge < -0.3 is 19.7 Å². The number of carbonyl (C=O) groups excluding carboxylic acids is 2. The van der Waals surface area contributed by atoms with Gasteiger partial charge in [0.15, 0.2) is 11.5 Å². The second-order valence-corrected chi connectivity index (χ2v) is 11.7. The van der Waals surface area contributed by atoms with E-state index in [9.17, 15) is 18.0 Å². The lowest BCUT2D eigenvalue weighted by molar-refractivity contribution is -0.139. The summed E-state index contributed by atoms with van der Waals surface area (Å²) in [6, 6.07) is 19.2. The molecule has 0 aliphatic rings. The van der Waals surface area contributed by atoms with Crippen molar-refractivity contribution in [1.29, 1.82) is 0 Å². The Morgan fingerprint density at radius 2 is 1.59 bits per heavy atom. The summed E-state index contributed by atoms with van der Waals surface area (Å²) in [5.41, 5.74) is 2.04. The number of rotatable bonds is 13. The number of methoxy groups -OCH3 is 2. The van der Waals surface area contributed by atoms with Gasteiger partial charge in [0.25, 0.3) is 10.0 Å². The largest absolute Gasteiger partial charge is 0.493 e. The fourth-order valence-electron chi connectivity index (χ4n) is 4.28. The molecule has 9 nitrogen and oxygen atoms in total. The number of hydrogen-bond acceptors (Lipinski definition) is 6. The second-order valence-electron chi connectivity index (χ2n) is 9.87. The van der Waals surface area contributed by atoms with Crippen molar-refractivity contribution in [2.75, 3.05) is 25.1 Å². The first-order chi connectivity index (χ1) is 19.5. The summed E-state index contributed by atoms with van der Waals surface area (Å²) in [5, 5.41) is 2.94. The number of aryl methyl sites for hydroxylation is 1. The monoisotopic (exact) mass is 581 g/mol. The van der Waals surface area contributed by atoms with E-state index in [0.29, 0.717) is 11.5 Å². The maximum Gasteiger partial charge on any atom is 0.264 e. The normalized spacial score (nSPS) is 12.6. The van der Waals surface area contributed by atoms with E-state index < -0.39 is 28.5 Å². The standard InChI is InChI=1S/C31H39N3O6S/c1-7-23(3)32-31(36)24(4)33(20-25-13-11-12-22(2)18-25)30(35)21-34(41(37,38)27-14-9-8-10-15-27)26-16-17-28(39-5)29(19-26)40-6/h8-19,23-24H,7,20-21H2,1-6H3,(H,32,36)/t23-,24+/m1/s1. The van der Waals surface area contributed by atoms with Crippen LogP contribution in [0, 0.1) is 6.92 Å². The SMILES string of the molecule is CC[C@@H](C)NC(=O)[C@H](C)N(Cc1cccc(C)c1)C(=O)CN(c1ccc(OC)c(OC)c1)S(=O)(=O)c1ccccc1. The third kappa shape index (κ3) is 7.79. The maximum absolute atomic E-state index is 14.1. The molecule has 0 heterocycles. The fraction of sp³-hybridized carbons (Fsp3) is 0.355. The van der Waals surface area contributed by atoms with Gasteiger partial charge in [-0.15, -0.1) is 0 Å². The Morgan fingerprint density at radius 3 is 2.20 bits per heavy atom. The topological polar surface area (TPSA) is 105 Å². The van der Waals surface area contributed by atoms with Crippen LogP contribution in [-0.4, -0.2) is 58.0 Å². The number of nitrogens with one attached hydrogen (secondary N) is 1. The molecular weight excluding hydrogens is 542 g/mol. The quantitative estimate of drug-likeness (QED) is 0.318. The first kappa shape index (κ1) is 31.5. The zero-order valence-corrected chi connectivity index (χ0v) is 25.3. The van der Waals surface area contributed by atoms with Crippen LogP contribution in [0.3, 0.4) is 0 Å². The molecule has 0 unspecified atom stereocenters. The van der Waals surface area contributed by atoms with Crippen molar-refractivity contribution in [1.82, 2.24) is 10.2 Å². The van der Waals surface area contributed by atoms with E-state index >= 15 is 0 Å². The average Bonchev–Trinajstić information content (AvgIpc) is 2.98. The molecule has 0 bridgehead atoms. The lowest BCUT2D eigenvalue weighted by atomic mass is 10.1. The fourth-order valence-corrected chi connectivity index (χ4v) is 5.71. The van der Waals surface area contributed by atoms with Crippen molar-refractivity contribution in [3.63, 3.8) is 0 Å². The zero-order chi connectivity index (χ0) is 30.2. The molecule has 3 aromatic carbocycles. The summed E-state index contributed by atoms with van der Waals surface area (Å²) in [6.07, 6.45) is 0.729. The lowest BCUT2D eigenvalue weighted by Crippen LogP contribution is -2.52. The Labute approximate surface area is 243 Å². The zero-order valence-electron chi connectivity index (χ0n) is 24.5. The van der Waals surface area contributed by atoms with Gasteiger partial charge in [0, 0.05) is 18.7 Å². The van der Waals surface area contributed by atoms with E-state index in [1.54, 1.807) is 37.3 Å². The predicted molar refractivity (Wildman–Crippen MR) is 160 cm³/mol. The third-order valence-electron chi connectivity index (χ3n) is 6.87. The summed E-state index contributed by atoms with van der Waals surface area (Å²) in [6.45, 7) is 7.03. The van der Waals surface area contributed by atoms with Crippen LogP contribution in [0.5, 0.6) is 11.5 Å². The highest BCUT2D eigenvalue weighted by molar-refractivity contribution is 7.92.